The van der Waals surface area contributed by atoms with Crippen LogP contribution in [0.4, 0.5) is 4.39 Å². The van der Waals surface area contributed by atoms with Crippen LogP contribution in [-0.4, -0.2) is 38.7 Å². The lowest BCUT2D eigenvalue weighted by molar-refractivity contribution is -0.134. The van der Waals surface area contributed by atoms with Gasteiger partial charge in [0.05, 0.1) is 6.04 Å². The lowest BCUT2D eigenvalue weighted by atomic mass is 10.0. The van der Waals surface area contributed by atoms with Crippen molar-refractivity contribution in [3.8, 4) is 0 Å². The monoisotopic (exact) mass is 348 g/mol. The summed E-state index contributed by atoms with van der Waals surface area (Å²) in [5.41, 5.74) is 0.488. The van der Waals surface area contributed by atoms with Crippen molar-refractivity contribution in [2.24, 2.45) is 5.92 Å². The summed E-state index contributed by atoms with van der Waals surface area (Å²) < 4.78 is 15.9. The molecule has 126 valence electrons. The molecule has 0 N–H and O–H groups in total. The van der Waals surface area contributed by atoms with Crippen LogP contribution in [0.2, 0.25) is 5.02 Å². The molecular weight excluding hydrogens is 331 g/mol. The van der Waals surface area contributed by atoms with E-state index >= 15 is 0 Å². The van der Waals surface area contributed by atoms with Crippen molar-refractivity contribution in [1.29, 1.82) is 0 Å². The molecule has 0 radical (unpaired) electrons. The number of hydrogen-bond donors (Lipinski definition) is 0. The molecule has 1 aromatic heterocycles. The van der Waals surface area contributed by atoms with Gasteiger partial charge < -0.3 is 4.90 Å². The minimum atomic E-state index is -0.318. The van der Waals surface area contributed by atoms with Gasteiger partial charge in [-0.15, -0.1) is 0 Å². The molecule has 2 aliphatic rings. The van der Waals surface area contributed by atoms with E-state index in [0.29, 0.717) is 23.6 Å². The van der Waals surface area contributed by atoms with Gasteiger partial charge in [-0.2, -0.15) is 5.10 Å². The smallest absolute Gasteiger partial charge is 0.226 e. The number of carbonyl (C=O) groups is 1. The molecule has 5 nitrogen and oxygen atoms in total. The summed E-state index contributed by atoms with van der Waals surface area (Å²) in [6.07, 6.45) is 5.80. The minimum absolute atomic E-state index is 0.0991. The van der Waals surface area contributed by atoms with Gasteiger partial charge in [0, 0.05) is 35.5 Å². The van der Waals surface area contributed by atoms with Gasteiger partial charge in [0.2, 0.25) is 5.91 Å². The molecule has 4 rings (SSSR count). The second kappa shape index (κ2) is 6.16. The first-order valence-corrected chi connectivity index (χ1v) is 8.59. The average molecular weight is 349 g/mol. The Balaban J connectivity index is 1.45. The van der Waals surface area contributed by atoms with Gasteiger partial charge in [0.1, 0.15) is 18.5 Å². The number of likely N-dealkylation sites (tertiary alicyclic amines) is 1. The first kappa shape index (κ1) is 15.6. The number of piperidine rings is 1. The van der Waals surface area contributed by atoms with Gasteiger partial charge in [-0.1, -0.05) is 17.7 Å². The predicted octanol–water partition coefficient (Wildman–Crippen LogP) is 3.04. The molecule has 1 aliphatic carbocycles. The molecule has 0 unspecified atom stereocenters. The van der Waals surface area contributed by atoms with Crippen LogP contribution in [-0.2, 0) is 4.79 Å². The summed E-state index contributed by atoms with van der Waals surface area (Å²) in [5.74, 6) is -0.474. The molecule has 2 aromatic rings. The van der Waals surface area contributed by atoms with Crippen LogP contribution in [0.1, 0.15) is 36.8 Å². The van der Waals surface area contributed by atoms with Crippen LogP contribution in [0.3, 0.4) is 0 Å². The van der Waals surface area contributed by atoms with Crippen LogP contribution in [0.25, 0.3) is 0 Å². The first-order valence-electron chi connectivity index (χ1n) is 8.22. The Hall–Kier alpha value is -1.95. The molecule has 1 saturated carbocycles. The van der Waals surface area contributed by atoms with Gasteiger partial charge in [-0.05, 0) is 31.4 Å². The van der Waals surface area contributed by atoms with Crippen molar-refractivity contribution in [1.82, 2.24) is 19.7 Å². The maximum absolute atomic E-state index is 14.0. The summed E-state index contributed by atoms with van der Waals surface area (Å²) in [4.78, 5) is 18.7. The average Bonchev–Trinajstić information content (AvgIpc) is 3.16. The maximum Gasteiger partial charge on any atom is 0.226 e. The second-order valence-electron chi connectivity index (χ2n) is 6.54. The van der Waals surface area contributed by atoms with E-state index < -0.39 is 0 Å². The summed E-state index contributed by atoms with van der Waals surface area (Å²) in [6.45, 7) is 1.38. The molecule has 1 aromatic carbocycles. The van der Waals surface area contributed by atoms with Crippen molar-refractivity contribution in [2.75, 3.05) is 13.1 Å². The normalized spacial score (nSPS) is 26.4. The third kappa shape index (κ3) is 2.79. The van der Waals surface area contributed by atoms with Gasteiger partial charge in [-0.3, -0.25) is 4.79 Å². The summed E-state index contributed by atoms with van der Waals surface area (Å²) in [6, 6.07) is 4.84. The highest BCUT2D eigenvalue weighted by molar-refractivity contribution is 6.31. The van der Waals surface area contributed by atoms with Crippen molar-refractivity contribution in [3.63, 3.8) is 0 Å². The Labute approximate surface area is 144 Å². The number of carbonyl (C=O) groups excluding carboxylic acids is 1. The van der Waals surface area contributed by atoms with Crippen molar-refractivity contribution in [2.45, 2.75) is 31.2 Å². The van der Waals surface area contributed by atoms with Gasteiger partial charge in [0.15, 0.2) is 0 Å². The number of halogens is 2. The highest BCUT2D eigenvalue weighted by Crippen LogP contribution is 2.51. The lowest BCUT2D eigenvalue weighted by Crippen LogP contribution is -2.41. The van der Waals surface area contributed by atoms with E-state index in [1.165, 1.54) is 12.4 Å². The fraction of sp³-hybridized carbons (Fsp3) is 0.471. The standard InChI is InChI=1S/C17H18ClFN4O/c18-14-4-1-5-15(19)16(14)12-7-13(12)17(24)22-6-2-3-11(8-22)23-10-20-9-21-23/h1,4-5,9-13H,2-3,6-8H2/t11-,12+,13+/m0/s1. The van der Waals surface area contributed by atoms with Crippen LogP contribution in [0.5, 0.6) is 0 Å². The molecule has 0 spiro atoms. The van der Waals surface area contributed by atoms with Crippen LogP contribution in [0, 0.1) is 11.7 Å². The molecule has 3 atom stereocenters. The molecule has 1 amide bonds. The van der Waals surface area contributed by atoms with Gasteiger partial charge in [-0.25, -0.2) is 14.1 Å². The zero-order valence-corrected chi connectivity index (χ0v) is 13.9. The third-order valence-corrected chi connectivity index (χ3v) is 5.33. The Bertz CT molecular complexity index is 731. The Morgan fingerprint density at radius 3 is 3.00 bits per heavy atom. The van der Waals surface area contributed by atoms with Crippen LogP contribution >= 0.6 is 11.6 Å². The number of nitrogens with zero attached hydrogens (tertiary/aromatic N) is 4. The molecule has 1 aliphatic heterocycles. The number of aromatic nitrogens is 3. The number of rotatable bonds is 3. The third-order valence-electron chi connectivity index (χ3n) is 5.00. The summed E-state index contributed by atoms with van der Waals surface area (Å²) >= 11 is 6.13. The largest absolute Gasteiger partial charge is 0.340 e. The number of amides is 1. The van der Waals surface area contributed by atoms with Crippen LogP contribution in [0.15, 0.2) is 30.9 Å². The molecular formula is C17H18ClFN4O. The Morgan fingerprint density at radius 1 is 1.38 bits per heavy atom. The van der Waals surface area contributed by atoms with Gasteiger partial charge in [0.25, 0.3) is 0 Å². The van der Waals surface area contributed by atoms with E-state index in [4.69, 9.17) is 11.6 Å². The van der Waals surface area contributed by atoms with Crippen molar-refractivity contribution in [3.05, 3.63) is 47.3 Å². The summed E-state index contributed by atoms with van der Waals surface area (Å²) in [7, 11) is 0. The fourth-order valence-corrected chi connectivity index (χ4v) is 3.97. The molecule has 0 bridgehead atoms. The van der Waals surface area contributed by atoms with Gasteiger partial charge >= 0.3 is 0 Å². The summed E-state index contributed by atoms with van der Waals surface area (Å²) in [5, 5.41) is 4.59. The first-order chi connectivity index (χ1) is 11.6. The van der Waals surface area contributed by atoms with Crippen LogP contribution < -0.4 is 0 Å². The minimum Gasteiger partial charge on any atom is -0.340 e. The molecule has 2 fully saturated rings. The van der Waals surface area contributed by atoms with E-state index in [1.54, 1.807) is 18.5 Å². The van der Waals surface area contributed by atoms with E-state index in [2.05, 4.69) is 10.1 Å². The SMILES string of the molecule is O=C([C@@H]1C[C@H]1c1c(F)cccc1Cl)N1CCC[C@H](n2cncn2)C1. The highest BCUT2D eigenvalue weighted by Gasteiger charge is 2.48. The van der Waals surface area contributed by atoms with Crippen molar-refractivity contribution >= 4 is 17.5 Å². The zero-order chi connectivity index (χ0) is 16.7. The van der Waals surface area contributed by atoms with E-state index in [-0.39, 0.29) is 29.6 Å². The second-order valence-corrected chi connectivity index (χ2v) is 6.95. The van der Waals surface area contributed by atoms with E-state index in [9.17, 15) is 9.18 Å². The Kier molecular flexibility index (Phi) is 4.00. The topological polar surface area (TPSA) is 51.0 Å². The number of hydrogen-bond acceptors (Lipinski definition) is 3. The highest BCUT2D eigenvalue weighted by atomic mass is 35.5. The number of benzene rings is 1. The zero-order valence-electron chi connectivity index (χ0n) is 13.1. The van der Waals surface area contributed by atoms with E-state index in [0.717, 1.165) is 19.4 Å². The quantitative estimate of drug-likeness (QED) is 0.856. The molecule has 24 heavy (non-hydrogen) atoms. The lowest BCUT2D eigenvalue weighted by Gasteiger charge is -2.32. The molecule has 7 heteroatoms. The maximum atomic E-state index is 14.0. The van der Waals surface area contributed by atoms with Crippen molar-refractivity contribution < 1.29 is 9.18 Å². The molecule has 1 saturated heterocycles. The fourth-order valence-electron chi connectivity index (χ4n) is 3.66. The predicted molar refractivity (Wildman–Crippen MR) is 87.1 cm³/mol. The van der Waals surface area contributed by atoms with E-state index in [1.807, 2.05) is 9.58 Å². The Morgan fingerprint density at radius 2 is 2.25 bits per heavy atom. The molecule has 2 heterocycles.